The van der Waals surface area contributed by atoms with Gasteiger partial charge < -0.3 is 19.6 Å². The number of nitrogens with zero attached hydrogens (tertiary/aromatic N) is 4. The largest absolute Gasteiger partial charge is 0.396 e. The molecule has 184 valence electrons. The Balaban J connectivity index is 1.36. The van der Waals surface area contributed by atoms with E-state index >= 15 is 0 Å². The van der Waals surface area contributed by atoms with Crippen LogP contribution >= 0.6 is 0 Å². The molecule has 3 saturated carbocycles. The predicted octanol–water partition coefficient (Wildman–Crippen LogP) is 3.86. The highest BCUT2D eigenvalue weighted by atomic mass is 16.5. The van der Waals surface area contributed by atoms with Crippen molar-refractivity contribution in [2.24, 2.45) is 10.8 Å². The van der Waals surface area contributed by atoms with Gasteiger partial charge in [-0.1, -0.05) is 50.2 Å². The first kappa shape index (κ1) is 22.8. The lowest BCUT2D eigenvalue weighted by molar-refractivity contribution is -0.180. The fourth-order valence-corrected chi connectivity index (χ4v) is 7.06. The van der Waals surface area contributed by atoms with Crippen molar-refractivity contribution >= 4 is 0 Å². The van der Waals surface area contributed by atoms with Crippen LogP contribution in [0.4, 0.5) is 0 Å². The molecule has 0 amide bonds. The van der Waals surface area contributed by atoms with E-state index in [2.05, 4.69) is 67.1 Å². The third-order valence-electron chi connectivity index (χ3n) is 8.88. The number of aromatic nitrogens is 3. The van der Waals surface area contributed by atoms with Crippen LogP contribution in [-0.2, 0) is 11.0 Å². The minimum Gasteiger partial charge on any atom is -0.396 e. The summed E-state index contributed by atoms with van der Waals surface area (Å²) in [6, 6.07) is 10.3. The second-order valence-corrected chi connectivity index (χ2v) is 12.1. The molecule has 1 aromatic carbocycles. The summed E-state index contributed by atoms with van der Waals surface area (Å²) in [4.78, 5) is 11.4. The van der Waals surface area contributed by atoms with Gasteiger partial charge in [0.25, 0.3) is 0 Å². The smallest absolute Gasteiger partial charge is 0.233 e. The van der Waals surface area contributed by atoms with E-state index in [1.807, 2.05) is 6.07 Å². The zero-order chi connectivity index (χ0) is 24.6. The molecule has 7 heteroatoms. The summed E-state index contributed by atoms with van der Waals surface area (Å²) in [6.45, 7) is 8.27. The number of rotatable bonds is 7. The van der Waals surface area contributed by atoms with Crippen molar-refractivity contribution in [2.75, 3.05) is 26.7 Å². The molecule has 2 bridgehead atoms. The third kappa shape index (κ3) is 3.18. The minimum atomic E-state index is -1.22. The molecule has 3 heterocycles. The maximum Gasteiger partial charge on any atom is 0.233 e. The van der Waals surface area contributed by atoms with E-state index in [9.17, 15) is 10.2 Å². The van der Waals surface area contributed by atoms with Crippen molar-refractivity contribution in [1.29, 1.82) is 0 Å². The molecule has 0 unspecified atom stereocenters. The Labute approximate surface area is 206 Å². The Kier molecular flexibility index (Phi) is 4.86. The molecule has 4 aliphatic rings. The summed E-state index contributed by atoms with van der Waals surface area (Å²) in [6.07, 6.45) is 6.22. The van der Waals surface area contributed by atoms with Gasteiger partial charge in [0.2, 0.25) is 11.7 Å². The minimum absolute atomic E-state index is 0.0676. The van der Waals surface area contributed by atoms with Crippen molar-refractivity contribution in [3.8, 4) is 11.4 Å². The van der Waals surface area contributed by atoms with E-state index in [1.165, 1.54) is 5.56 Å². The lowest BCUT2D eigenvalue weighted by Crippen LogP contribution is -2.66. The van der Waals surface area contributed by atoms with Gasteiger partial charge in [-0.3, -0.25) is 4.98 Å². The van der Waals surface area contributed by atoms with E-state index < -0.39 is 5.60 Å². The second kappa shape index (κ2) is 7.45. The first-order chi connectivity index (χ1) is 16.6. The number of aliphatic hydroxyl groups excluding tert-OH is 1. The van der Waals surface area contributed by atoms with Crippen LogP contribution in [0.5, 0.6) is 0 Å². The molecule has 1 atom stereocenters. The molecular weight excluding hydrogens is 440 g/mol. The molecule has 35 heavy (non-hydrogen) atoms. The van der Waals surface area contributed by atoms with Crippen molar-refractivity contribution < 1.29 is 14.7 Å². The second-order valence-electron chi connectivity index (χ2n) is 12.1. The van der Waals surface area contributed by atoms with Crippen LogP contribution in [0.3, 0.4) is 0 Å². The highest BCUT2D eigenvalue weighted by Crippen LogP contribution is 2.73. The van der Waals surface area contributed by atoms with Crippen molar-refractivity contribution in [3.63, 3.8) is 0 Å². The highest BCUT2D eigenvalue weighted by Gasteiger charge is 2.70. The molecule has 2 N–H and O–H groups in total. The Hall–Kier alpha value is -2.61. The number of pyridine rings is 1. The number of hydrogen-bond donors (Lipinski definition) is 2. The molecule has 1 saturated heterocycles. The van der Waals surface area contributed by atoms with Gasteiger partial charge in [-0.05, 0) is 54.8 Å². The van der Waals surface area contributed by atoms with Crippen LogP contribution in [0.25, 0.3) is 11.4 Å². The van der Waals surface area contributed by atoms with Gasteiger partial charge in [0.05, 0.1) is 5.41 Å². The summed E-state index contributed by atoms with van der Waals surface area (Å²) in [5, 5.41) is 26.3. The van der Waals surface area contributed by atoms with Crippen LogP contribution in [-0.4, -0.2) is 57.0 Å². The highest BCUT2D eigenvalue weighted by molar-refractivity contribution is 5.56. The lowest BCUT2D eigenvalue weighted by Gasteiger charge is -2.68. The summed E-state index contributed by atoms with van der Waals surface area (Å²) < 4.78 is 5.67. The van der Waals surface area contributed by atoms with Gasteiger partial charge >= 0.3 is 0 Å². The molecule has 7 nitrogen and oxygen atoms in total. The Morgan fingerprint density at radius 3 is 2.37 bits per heavy atom. The molecule has 0 spiro atoms. The summed E-state index contributed by atoms with van der Waals surface area (Å²) in [5.41, 5.74) is 2.00. The Bertz CT molecular complexity index is 1240. The predicted molar refractivity (Wildman–Crippen MR) is 132 cm³/mol. The lowest BCUT2D eigenvalue weighted by atomic mass is 9.35. The van der Waals surface area contributed by atoms with Crippen LogP contribution in [0, 0.1) is 10.8 Å². The van der Waals surface area contributed by atoms with Gasteiger partial charge in [-0.15, -0.1) is 0 Å². The average Bonchev–Trinajstić information content (AvgIpc) is 3.26. The standard InChI is InChI=1S/C28H34N4O3/c1-18(2)19-5-7-21(8-6-19)28(34,25(3)15-32(4)16-25)22-9-20(10-29-11-22)23-30-24(35-31-23)27-12-26(13-27,14-27)17-33/h5-11,18,33-34H,12-17H2,1-4H3/t26?,27?,28-/m0/s1. The van der Waals surface area contributed by atoms with Crippen LogP contribution in [0.2, 0.25) is 0 Å². The fraction of sp³-hybridized carbons (Fsp3) is 0.536. The van der Waals surface area contributed by atoms with Crippen molar-refractivity contribution in [2.45, 2.75) is 57.0 Å². The average molecular weight is 475 g/mol. The van der Waals surface area contributed by atoms with Crippen molar-refractivity contribution in [3.05, 3.63) is 65.3 Å². The van der Waals surface area contributed by atoms with E-state index in [-0.39, 0.29) is 22.9 Å². The third-order valence-corrected chi connectivity index (χ3v) is 8.88. The molecule has 0 radical (unpaired) electrons. The van der Waals surface area contributed by atoms with Gasteiger partial charge in [-0.2, -0.15) is 4.98 Å². The summed E-state index contributed by atoms with van der Waals surface area (Å²) in [7, 11) is 2.07. The maximum absolute atomic E-state index is 12.4. The molecule has 3 aliphatic carbocycles. The summed E-state index contributed by atoms with van der Waals surface area (Å²) in [5.74, 6) is 1.57. The normalized spacial score (nSPS) is 28.7. The Morgan fingerprint density at radius 2 is 1.77 bits per heavy atom. The maximum atomic E-state index is 12.4. The molecule has 1 aliphatic heterocycles. The van der Waals surface area contributed by atoms with Crippen molar-refractivity contribution in [1.82, 2.24) is 20.0 Å². The first-order valence-corrected chi connectivity index (χ1v) is 12.5. The van der Waals surface area contributed by atoms with Crippen LogP contribution in [0.1, 0.15) is 68.5 Å². The van der Waals surface area contributed by atoms with E-state index in [0.29, 0.717) is 17.6 Å². The van der Waals surface area contributed by atoms with Crippen LogP contribution < -0.4 is 0 Å². The summed E-state index contributed by atoms with van der Waals surface area (Å²) >= 11 is 0. The topological polar surface area (TPSA) is 95.5 Å². The number of likely N-dealkylation sites (tertiary alicyclic amines) is 1. The van der Waals surface area contributed by atoms with E-state index in [0.717, 1.165) is 49.0 Å². The monoisotopic (exact) mass is 474 g/mol. The molecule has 2 aromatic heterocycles. The Morgan fingerprint density at radius 1 is 1.09 bits per heavy atom. The van der Waals surface area contributed by atoms with E-state index in [4.69, 9.17) is 9.51 Å². The quantitative estimate of drug-likeness (QED) is 0.537. The zero-order valence-electron chi connectivity index (χ0n) is 21.0. The van der Waals surface area contributed by atoms with Gasteiger partial charge in [0, 0.05) is 48.6 Å². The molecular formula is C28H34N4O3. The molecule has 4 fully saturated rings. The SMILES string of the molecule is CC(C)c1ccc([C@](O)(c2cncc(-c3noc(C45CC(CO)(C4)C5)n3)c2)C2(C)CN(C)C2)cc1. The zero-order valence-corrected chi connectivity index (χ0v) is 21.0. The van der Waals surface area contributed by atoms with Crippen LogP contribution in [0.15, 0.2) is 47.2 Å². The molecule has 7 rings (SSSR count). The van der Waals surface area contributed by atoms with Gasteiger partial charge in [-0.25, -0.2) is 0 Å². The fourth-order valence-electron chi connectivity index (χ4n) is 7.06. The number of aliphatic hydroxyl groups is 2. The van der Waals surface area contributed by atoms with Gasteiger partial charge in [0.15, 0.2) is 0 Å². The number of benzene rings is 1. The van der Waals surface area contributed by atoms with E-state index in [1.54, 1.807) is 12.4 Å². The van der Waals surface area contributed by atoms with Gasteiger partial charge in [0.1, 0.15) is 5.60 Å². The number of hydrogen-bond acceptors (Lipinski definition) is 7. The molecule has 3 aromatic rings. The first-order valence-electron chi connectivity index (χ1n) is 12.5.